The number of esters is 1. The maximum atomic E-state index is 13.8. The van der Waals surface area contributed by atoms with E-state index in [0.717, 1.165) is 31.5 Å². The summed E-state index contributed by atoms with van der Waals surface area (Å²) in [5, 5.41) is 23.7. The number of hydrogen-bond acceptors (Lipinski definition) is 7. The van der Waals surface area contributed by atoms with Gasteiger partial charge in [-0.25, -0.2) is 0 Å². The van der Waals surface area contributed by atoms with Gasteiger partial charge in [-0.2, -0.15) is 0 Å². The quantitative estimate of drug-likeness (QED) is 0.452. The molecule has 0 aromatic rings. The number of ether oxygens (including phenoxy) is 2. The SMILES string of the molecule is C=C[C@@]1(C)CC(=O)[C@@]2(O)[C@](C)(O1)[C@@H](OC(=O)CCN1CCCCC1)C=C1C(C)(C)CC[C@H](O)[C@@]12C. The number of fused-ring (bicyclic) bond motifs is 3. The second kappa shape index (κ2) is 8.79. The predicted molar refractivity (Wildman–Crippen MR) is 133 cm³/mol. The zero-order valence-electron chi connectivity index (χ0n) is 22.1. The fourth-order valence-corrected chi connectivity index (χ4v) is 7.23. The van der Waals surface area contributed by atoms with Gasteiger partial charge < -0.3 is 24.6 Å². The molecular formula is C28H43NO6. The number of aliphatic hydroxyl groups excluding tert-OH is 1. The molecule has 4 rings (SSSR count). The summed E-state index contributed by atoms with van der Waals surface area (Å²) < 4.78 is 12.5. The van der Waals surface area contributed by atoms with Crippen molar-refractivity contribution in [2.45, 2.75) is 109 Å². The minimum Gasteiger partial charge on any atom is -0.455 e. The highest BCUT2D eigenvalue weighted by Gasteiger charge is 2.76. The summed E-state index contributed by atoms with van der Waals surface area (Å²) in [7, 11) is 0. The fourth-order valence-electron chi connectivity index (χ4n) is 7.23. The van der Waals surface area contributed by atoms with E-state index in [1.165, 1.54) is 6.42 Å². The lowest BCUT2D eigenvalue weighted by Gasteiger charge is -2.66. The Labute approximate surface area is 209 Å². The largest absolute Gasteiger partial charge is 0.455 e. The van der Waals surface area contributed by atoms with Crippen molar-refractivity contribution in [2.24, 2.45) is 10.8 Å². The number of hydrogen-bond donors (Lipinski definition) is 2. The monoisotopic (exact) mass is 489 g/mol. The zero-order valence-corrected chi connectivity index (χ0v) is 22.1. The van der Waals surface area contributed by atoms with Gasteiger partial charge in [-0.15, -0.1) is 6.58 Å². The molecule has 2 aliphatic heterocycles. The molecule has 2 heterocycles. The van der Waals surface area contributed by atoms with Gasteiger partial charge in [0, 0.05) is 13.0 Å². The Kier molecular flexibility index (Phi) is 6.66. The molecule has 1 saturated carbocycles. The standard InChI is InChI=1S/C28H43NO6/c1-7-25(4)18-21(31)28(33)26(5)19(24(2,3)13-11-20(26)30)17-22(27(28,6)35-25)34-23(32)12-16-29-14-9-8-10-15-29/h7,17,20,22,30,33H,1,8-16,18H2,2-6H3/t20-,22-,25-,26+,27+,28-/m0/s1. The van der Waals surface area contributed by atoms with Crippen molar-refractivity contribution < 1.29 is 29.3 Å². The van der Waals surface area contributed by atoms with E-state index in [1.54, 1.807) is 26.8 Å². The molecule has 0 aromatic carbocycles. The normalized spacial score (nSPS) is 43.5. The van der Waals surface area contributed by atoms with Crippen LogP contribution in [-0.4, -0.2) is 75.5 Å². The number of rotatable bonds is 5. The molecule has 0 spiro atoms. The van der Waals surface area contributed by atoms with Crippen LogP contribution in [0.1, 0.15) is 79.6 Å². The average molecular weight is 490 g/mol. The van der Waals surface area contributed by atoms with E-state index >= 15 is 0 Å². The van der Waals surface area contributed by atoms with Crippen molar-refractivity contribution in [1.29, 1.82) is 0 Å². The summed E-state index contributed by atoms with van der Waals surface area (Å²) in [4.78, 5) is 29.2. The van der Waals surface area contributed by atoms with Gasteiger partial charge in [-0.1, -0.05) is 31.9 Å². The molecule has 0 unspecified atom stereocenters. The number of likely N-dealkylation sites (tertiary alicyclic amines) is 1. The fraction of sp³-hybridized carbons (Fsp3) is 0.786. The third-order valence-corrected chi connectivity index (χ3v) is 9.46. The highest BCUT2D eigenvalue weighted by atomic mass is 16.6. The first-order chi connectivity index (χ1) is 16.2. The van der Waals surface area contributed by atoms with Crippen LogP contribution in [0, 0.1) is 10.8 Å². The zero-order chi connectivity index (χ0) is 25.9. The number of piperidine rings is 1. The van der Waals surface area contributed by atoms with Crippen LogP contribution < -0.4 is 0 Å². The van der Waals surface area contributed by atoms with Gasteiger partial charge in [0.15, 0.2) is 17.5 Å². The highest BCUT2D eigenvalue weighted by molar-refractivity contribution is 5.93. The third kappa shape index (κ3) is 3.94. The lowest BCUT2D eigenvalue weighted by Crippen LogP contribution is -2.81. The first-order valence-corrected chi connectivity index (χ1v) is 13.2. The van der Waals surface area contributed by atoms with Crippen molar-refractivity contribution in [1.82, 2.24) is 4.90 Å². The summed E-state index contributed by atoms with van der Waals surface area (Å²) in [6.45, 7) is 15.7. The number of carbonyl (C=O) groups excluding carboxylic acids is 2. The number of aliphatic hydroxyl groups is 2. The molecule has 0 bridgehead atoms. The molecule has 2 saturated heterocycles. The molecule has 0 amide bonds. The summed E-state index contributed by atoms with van der Waals surface area (Å²) in [5.74, 6) is -0.812. The second-order valence-corrected chi connectivity index (χ2v) is 12.3. The average Bonchev–Trinajstić information content (AvgIpc) is 2.80. The molecule has 6 atom stereocenters. The third-order valence-electron chi connectivity index (χ3n) is 9.46. The second-order valence-electron chi connectivity index (χ2n) is 12.3. The van der Waals surface area contributed by atoms with Crippen molar-refractivity contribution in [3.8, 4) is 0 Å². The van der Waals surface area contributed by atoms with Gasteiger partial charge in [0.25, 0.3) is 0 Å². The maximum Gasteiger partial charge on any atom is 0.307 e. The Bertz CT molecular complexity index is 922. The topological polar surface area (TPSA) is 96.3 Å². The van der Waals surface area contributed by atoms with Crippen LogP contribution >= 0.6 is 0 Å². The van der Waals surface area contributed by atoms with E-state index in [2.05, 4.69) is 11.5 Å². The van der Waals surface area contributed by atoms with Crippen molar-refractivity contribution in [3.63, 3.8) is 0 Å². The highest BCUT2D eigenvalue weighted by Crippen LogP contribution is 2.64. The first kappa shape index (κ1) is 26.5. The van der Waals surface area contributed by atoms with Crippen molar-refractivity contribution in [2.75, 3.05) is 19.6 Å². The minimum absolute atomic E-state index is 0.0752. The van der Waals surface area contributed by atoms with E-state index in [9.17, 15) is 19.8 Å². The summed E-state index contributed by atoms with van der Waals surface area (Å²) in [6, 6.07) is 0. The molecule has 0 aromatic heterocycles. The molecule has 7 heteroatoms. The van der Waals surface area contributed by atoms with Crippen LogP contribution in [0.2, 0.25) is 0 Å². The van der Waals surface area contributed by atoms with Gasteiger partial charge in [-0.05, 0) is 71.0 Å². The summed E-state index contributed by atoms with van der Waals surface area (Å²) in [6.07, 6.45) is 6.27. The molecule has 2 N–H and O–H groups in total. The van der Waals surface area contributed by atoms with Crippen LogP contribution in [0.3, 0.4) is 0 Å². The molecule has 4 aliphatic rings. The number of ketones is 1. The van der Waals surface area contributed by atoms with Gasteiger partial charge in [0.2, 0.25) is 0 Å². The van der Waals surface area contributed by atoms with E-state index in [4.69, 9.17) is 9.47 Å². The van der Waals surface area contributed by atoms with Crippen LogP contribution in [0.5, 0.6) is 0 Å². The lowest BCUT2D eigenvalue weighted by molar-refractivity contribution is -0.305. The van der Waals surface area contributed by atoms with E-state index in [1.807, 2.05) is 19.9 Å². The molecular weight excluding hydrogens is 446 g/mol. The van der Waals surface area contributed by atoms with Gasteiger partial charge in [0.05, 0.1) is 23.5 Å². The Morgan fingerprint density at radius 3 is 2.51 bits per heavy atom. The van der Waals surface area contributed by atoms with Crippen LogP contribution in [0.15, 0.2) is 24.3 Å². The Hall–Kier alpha value is -1.54. The van der Waals surface area contributed by atoms with E-state index in [0.29, 0.717) is 19.4 Å². The first-order valence-electron chi connectivity index (χ1n) is 13.2. The Morgan fingerprint density at radius 2 is 1.89 bits per heavy atom. The van der Waals surface area contributed by atoms with E-state index in [-0.39, 0.29) is 18.8 Å². The minimum atomic E-state index is -2.08. The Balaban J connectivity index is 1.75. The van der Waals surface area contributed by atoms with Crippen molar-refractivity contribution >= 4 is 11.8 Å². The van der Waals surface area contributed by atoms with Crippen LogP contribution in [-0.2, 0) is 19.1 Å². The van der Waals surface area contributed by atoms with Gasteiger partial charge in [0.1, 0.15) is 5.60 Å². The smallest absolute Gasteiger partial charge is 0.307 e. The van der Waals surface area contributed by atoms with E-state index < -0.39 is 45.6 Å². The van der Waals surface area contributed by atoms with Crippen LogP contribution in [0.25, 0.3) is 0 Å². The molecule has 2 aliphatic carbocycles. The van der Waals surface area contributed by atoms with Gasteiger partial charge >= 0.3 is 5.97 Å². The maximum absolute atomic E-state index is 13.8. The summed E-state index contributed by atoms with van der Waals surface area (Å²) >= 11 is 0. The molecule has 0 radical (unpaired) electrons. The molecule has 7 nitrogen and oxygen atoms in total. The molecule has 3 fully saturated rings. The number of nitrogens with zero attached hydrogens (tertiary/aromatic N) is 1. The van der Waals surface area contributed by atoms with Crippen molar-refractivity contribution in [3.05, 3.63) is 24.3 Å². The molecule has 35 heavy (non-hydrogen) atoms. The van der Waals surface area contributed by atoms with Crippen LogP contribution in [0.4, 0.5) is 0 Å². The van der Waals surface area contributed by atoms with Gasteiger partial charge in [-0.3, -0.25) is 9.59 Å². The molecule has 196 valence electrons. The Morgan fingerprint density at radius 1 is 1.23 bits per heavy atom. The lowest BCUT2D eigenvalue weighted by atomic mass is 9.44. The summed E-state index contributed by atoms with van der Waals surface area (Å²) in [5.41, 5.74) is -5.65. The number of Topliss-reactive ketones (excluding diaryl/α,β-unsaturated/α-hetero) is 1. The predicted octanol–water partition coefficient (Wildman–Crippen LogP) is 3.33. The number of carbonyl (C=O) groups is 2.